The number of nitrogens with one attached hydrogen (secondary N) is 1. The van der Waals surface area contributed by atoms with Gasteiger partial charge in [0.05, 0.1) is 40.0 Å². The number of aromatic hydroxyl groups is 1. The van der Waals surface area contributed by atoms with Crippen LogP contribution in [0.3, 0.4) is 0 Å². The highest BCUT2D eigenvalue weighted by molar-refractivity contribution is 6.33. The van der Waals surface area contributed by atoms with E-state index in [1.165, 1.54) is 16.8 Å². The van der Waals surface area contributed by atoms with Gasteiger partial charge in [-0.1, -0.05) is 11.6 Å². The molecule has 256 valence electrons. The Hall–Kier alpha value is -4.84. The van der Waals surface area contributed by atoms with Gasteiger partial charge in [-0.15, -0.1) is 5.10 Å². The van der Waals surface area contributed by atoms with Gasteiger partial charge in [0.15, 0.2) is 6.23 Å². The van der Waals surface area contributed by atoms with E-state index < -0.39 is 47.7 Å². The molecule has 2 aliphatic rings. The first-order chi connectivity index (χ1) is 23.3. The number of carbonyl (C=O) groups excluding carboxylic acids is 1. The summed E-state index contributed by atoms with van der Waals surface area (Å²) in [6.45, 7) is 1.86. The second-order valence-electron chi connectivity index (χ2n) is 12.0. The molecular formula is C31H29ClF3N9O5. The molecule has 0 bridgehead atoms. The van der Waals surface area contributed by atoms with E-state index in [9.17, 15) is 33.0 Å². The van der Waals surface area contributed by atoms with Gasteiger partial charge in [-0.3, -0.25) is 19.5 Å². The van der Waals surface area contributed by atoms with Gasteiger partial charge >= 0.3 is 6.18 Å². The fourth-order valence-corrected chi connectivity index (χ4v) is 6.80. The quantitative estimate of drug-likeness (QED) is 0.238. The molecule has 2 aliphatic heterocycles. The summed E-state index contributed by atoms with van der Waals surface area (Å²) in [6, 6.07) is 5.59. The van der Waals surface area contributed by atoms with E-state index in [1.54, 1.807) is 42.0 Å². The molecule has 1 amide bonds. The number of aryl methyl sites for hydroxylation is 1. The third kappa shape index (κ3) is 5.71. The number of ether oxygens (including phenoxy) is 1. The highest BCUT2D eigenvalue weighted by Gasteiger charge is 2.50. The highest BCUT2D eigenvalue weighted by atomic mass is 35.5. The number of aromatic nitrogens is 7. The lowest BCUT2D eigenvalue weighted by atomic mass is 9.85. The van der Waals surface area contributed by atoms with Gasteiger partial charge in [0, 0.05) is 32.5 Å². The maximum Gasteiger partial charge on any atom is 0.416 e. The number of benzene rings is 1. The number of likely N-dealkylation sites (tertiary alicyclic amines) is 1. The summed E-state index contributed by atoms with van der Waals surface area (Å²) in [5, 5.41) is 28.0. The predicted octanol–water partition coefficient (Wildman–Crippen LogP) is 3.78. The summed E-state index contributed by atoms with van der Waals surface area (Å²) in [7, 11) is 1.76. The summed E-state index contributed by atoms with van der Waals surface area (Å²) in [6.07, 6.45) is -1.29. The number of aliphatic hydroxyl groups is 1. The van der Waals surface area contributed by atoms with E-state index in [4.69, 9.17) is 16.3 Å². The molecule has 1 saturated heterocycles. The van der Waals surface area contributed by atoms with Gasteiger partial charge in [-0.05, 0) is 50.1 Å². The Morgan fingerprint density at radius 2 is 1.98 bits per heavy atom. The predicted molar refractivity (Wildman–Crippen MR) is 167 cm³/mol. The number of amides is 1. The van der Waals surface area contributed by atoms with Gasteiger partial charge in [-0.25, -0.2) is 4.98 Å². The van der Waals surface area contributed by atoms with Crippen LogP contribution in [-0.4, -0.2) is 67.8 Å². The van der Waals surface area contributed by atoms with Crippen molar-refractivity contribution >= 4 is 29.0 Å². The van der Waals surface area contributed by atoms with Crippen molar-refractivity contribution in [2.24, 2.45) is 7.05 Å². The highest BCUT2D eigenvalue weighted by Crippen LogP contribution is 2.49. The molecule has 4 aromatic heterocycles. The number of fused-ring (bicyclic) bond motifs is 3. The van der Waals surface area contributed by atoms with Gasteiger partial charge in [0.2, 0.25) is 17.5 Å². The van der Waals surface area contributed by atoms with E-state index in [0.29, 0.717) is 11.4 Å². The number of anilines is 1. The van der Waals surface area contributed by atoms with Crippen molar-refractivity contribution in [2.45, 2.75) is 50.4 Å². The number of imidazole rings is 1. The molecule has 2 atom stereocenters. The number of hydrogen-bond donors (Lipinski definition) is 3. The molecule has 6 heterocycles. The van der Waals surface area contributed by atoms with E-state index in [0.717, 1.165) is 22.7 Å². The fourth-order valence-electron chi connectivity index (χ4n) is 6.57. The maximum absolute atomic E-state index is 14.3. The Bertz CT molecular complexity index is 2160. The van der Waals surface area contributed by atoms with Gasteiger partial charge in [0.25, 0.3) is 5.56 Å². The number of pyridine rings is 1. The van der Waals surface area contributed by atoms with Crippen molar-refractivity contribution in [2.75, 3.05) is 18.4 Å². The van der Waals surface area contributed by atoms with Gasteiger partial charge < -0.3 is 29.4 Å². The second kappa shape index (κ2) is 11.9. The molecule has 0 aliphatic carbocycles. The molecule has 49 heavy (non-hydrogen) atoms. The van der Waals surface area contributed by atoms with Crippen LogP contribution in [-0.2, 0) is 34.9 Å². The van der Waals surface area contributed by atoms with Crippen molar-refractivity contribution in [1.82, 2.24) is 38.6 Å². The smallest absolute Gasteiger partial charge is 0.416 e. The number of alkyl halides is 3. The molecule has 14 nitrogen and oxygen atoms in total. The number of halogens is 4. The standard InChI is InChI=1S/C31H29ClF3N9O5/c1-16-25-23(30(49-16)7-10-42(11-8-30)28(48)24-21(45)4-3-9-36-24)27(47)44-29(39-26(40-44)20-13-41(2)15-37-20)43(25)14-22(46)38-19-6-5-17(12-18(19)32)31(33,34)35/h3-6,9,12-13,15-16,28,45,48H,7-8,10-11,14H2,1-2H3,(H,38,46)/t16-,28?/m1/s1. The number of hydrogen-bond acceptors (Lipinski definition) is 10. The molecule has 3 N–H and O–H groups in total. The fraction of sp³-hybridized carbons (Fsp3) is 0.355. The zero-order valence-electron chi connectivity index (χ0n) is 26.0. The van der Waals surface area contributed by atoms with Crippen molar-refractivity contribution in [3.63, 3.8) is 0 Å². The Morgan fingerprint density at radius 1 is 1.22 bits per heavy atom. The number of piperidine rings is 1. The Balaban J connectivity index is 1.27. The maximum atomic E-state index is 14.3. The van der Waals surface area contributed by atoms with E-state index in [-0.39, 0.29) is 65.3 Å². The number of carbonyl (C=O) groups is 1. The Labute approximate surface area is 280 Å². The summed E-state index contributed by atoms with van der Waals surface area (Å²) < 4.78 is 50.4. The number of rotatable bonds is 6. The van der Waals surface area contributed by atoms with E-state index >= 15 is 0 Å². The Morgan fingerprint density at radius 3 is 2.63 bits per heavy atom. The van der Waals surface area contributed by atoms with Gasteiger partial charge in [-0.2, -0.15) is 22.7 Å². The molecule has 5 aromatic rings. The van der Waals surface area contributed by atoms with Crippen LogP contribution in [0.25, 0.3) is 17.3 Å². The SMILES string of the molecule is C[C@H]1OC2(CCN(C(O)c3ncccc3O)CC2)c2c1n(CC(=O)Nc1ccc(C(F)(F)F)cc1Cl)c1nc(-c3cn(C)cn3)nn1c2=O. The third-order valence-corrected chi connectivity index (χ3v) is 9.16. The average Bonchev–Trinajstić information content (AvgIpc) is 3.76. The first-order valence-electron chi connectivity index (χ1n) is 15.2. The molecule has 1 aromatic carbocycles. The minimum Gasteiger partial charge on any atom is -0.506 e. The van der Waals surface area contributed by atoms with Crippen LogP contribution in [0, 0.1) is 0 Å². The first-order valence-corrected chi connectivity index (χ1v) is 15.6. The van der Waals surface area contributed by atoms with Crippen molar-refractivity contribution in [1.29, 1.82) is 0 Å². The lowest BCUT2D eigenvalue weighted by Crippen LogP contribution is -2.46. The summed E-state index contributed by atoms with van der Waals surface area (Å²) in [5.74, 6) is -0.637. The molecule has 1 spiro atoms. The molecule has 0 radical (unpaired) electrons. The zero-order valence-corrected chi connectivity index (χ0v) is 26.8. The molecular weight excluding hydrogens is 671 g/mol. The van der Waals surface area contributed by atoms with Gasteiger partial charge in [0.1, 0.15) is 29.3 Å². The number of nitrogens with zero attached hydrogens (tertiary/aromatic N) is 8. The number of aliphatic hydroxyl groups excluding tert-OH is 1. The average molecular weight is 700 g/mol. The lowest BCUT2D eigenvalue weighted by molar-refractivity contribution is -0.137. The monoisotopic (exact) mass is 699 g/mol. The van der Waals surface area contributed by atoms with Crippen LogP contribution >= 0.6 is 11.6 Å². The van der Waals surface area contributed by atoms with Crippen LogP contribution in [0.15, 0.2) is 53.8 Å². The third-order valence-electron chi connectivity index (χ3n) is 8.85. The van der Waals surface area contributed by atoms with Crippen molar-refractivity contribution in [3.05, 3.63) is 86.9 Å². The van der Waals surface area contributed by atoms with Crippen molar-refractivity contribution < 1.29 is 32.9 Å². The van der Waals surface area contributed by atoms with Crippen LogP contribution in [0.4, 0.5) is 18.9 Å². The minimum atomic E-state index is -4.62. The minimum absolute atomic E-state index is 0.0315. The normalized spacial score (nSPS) is 18.2. The van der Waals surface area contributed by atoms with Crippen LogP contribution in [0.2, 0.25) is 5.02 Å². The first kappa shape index (κ1) is 32.7. The summed E-state index contributed by atoms with van der Waals surface area (Å²) in [4.78, 5) is 42.5. The Kier molecular flexibility index (Phi) is 7.97. The molecule has 18 heteroatoms. The molecule has 1 unspecified atom stereocenters. The van der Waals surface area contributed by atoms with Crippen molar-refractivity contribution in [3.8, 4) is 17.3 Å². The summed E-state index contributed by atoms with van der Waals surface area (Å²) in [5.41, 5.74) is -1.45. The molecule has 0 saturated carbocycles. The topological polar surface area (TPSA) is 165 Å². The summed E-state index contributed by atoms with van der Waals surface area (Å²) >= 11 is 6.11. The van der Waals surface area contributed by atoms with E-state index in [2.05, 4.69) is 25.4 Å². The lowest BCUT2D eigenvalue weighted by Gasteiger charge is -2.40. The van der Waals surface area contributed by atoms with Crippen LogP contribution in [0.5, 0.6) is 5.75 Å². The largest absolute Gasteiger partial charge is 0.506 e. The van der Waals surface area contributed by atoms with Crippen LogP contribution < -0.4 is 10.9 Å². The van der Waals surface area contributed by atoms with Crippen LogP contribution in [0.1, 0.15) is 54.6 Å². The molecule has 7 rings (SSSR count). The van der Waals surface area contributed by atoms with E-state index in [1.807, 2.05) is 0 Å². The second-order valence-corrected chi connectivity index (χ2v) is 12.4. The molecule has 1 fully saturated rings. The zero-order chi connectivity index (χ0) is 34.8.